The molecule has 0 saturated carbocycles. The highest BCUT2D eigenvalue weighted by molar-refractivity contribution is 7.89. The number of amides is 1. The molecule has 1 heterocycles. The first-order valence-electron chi connectivity index (χ1n) is 7.83. The molecule has 0 spiro atoms. The molecule has 136 valence electrons. The molecule has 25 heavy (non-hydrogen) atoms. The average Bonchev–Trinajstić information content (AvgIpc) is 3.00. The molecule has 0 aliphatic rings. The number of carbonyl (C=O) groups excluding carboxylic acids is 1. The Labute approximate surface area is 147 Å². The van der Waals surface area contributed by atoms with Crippen LogP contribution >= 0.6 is 0 Å². The van der Waals surface area contributed by atoms with Crippen LogP contribution in [0.4, 0.5) is 0 Å². The maximum atomic E-state index is 12.1. The van der Waals surface area contributed by atoms with E-state index in [1.54, 1.807) is 0 Å². The van der Waals surface area contributed by atoms with Crippen LogP contribution in [-0.2, 0) is 17.1 Å². The van der Waals surface area contributed by atoms with E-state index in [2.05, 4.69) is 5.32 Å². The van der Waals surface area contributed by atoms with Gasteiger partial charge in [0.2, 0.25) is 10.0 Å². The molecule has 1 aromatic carbocycles. The molecule has 0 radical (unpaired) electrons. The summed E-state index contributed by atoms with van der Waals surface area (Å²) < 4.78 is 26.9. The third kappa shape index (κ3) is 4.47. The highest BCUT2D eigenvalue weighted by Gasteiger charge is 2.17. The van der Waals surface area contributed by atoms with Gasteiger partial charge in [0.25, 0.3) is 5.91 Å². The van der Waals surface area contributed by atoms with Crippen LogP contribution in [0.25, 0.3) is 0 Å². The molecule has 0 aliphatic carbocycles. The third-order valence-corrected chi connectivity index (χ3v) is 5.75. The first kappa shape index (κ1) is 19.2. The van der Waals surface area contributed by atoms with E-state index in [0.717, 1.165) is 10.00 Å². The minimum absolute atomic E-state index is 0.133. The summed E-state index contributed by atoms with van der Waals surface area (Å²) in [6.07, 6.45) is 1.57. The van der Waals surface area contributed by atoms with Crippen LogP contribution < -0.4 is 5.32 Å². The van der Waals surface area contributed by atoms with E-state index in [0.29, 0.717) is 18.5 Å². The van der Waals surface area contributed by atoms with Crippen molar-refractivity contribution >= 4 is 15.9 Å². The molecule has 0 saturated heterocycles. The first-order chi connectivity index (χ1) is 11.7. The van der Waals surface area contributed by atoms with Crippen LogP contribution in [0, 0.1) is 0 Å². The second-order valence-electron chi connectivity index (χ2n) is 5.92. The van der Waals surface area contributed by atoms with Crippen LogP contribution in [0.2, 0.25) is 0 Å². The van der Waals surface area contributed by atoms with Crippen LogP contribution in [0.15, 0.2) is 47.5 Å². The second-order valence-corrected chi connectivity index (χ2v) is 8.07. The molecule has 2 rings (SSSR count). The number of nitrogens with zero attached hydrogens (tertiary/aromatic N) is 2. The van der Waals surface area contributed by atoms with Gasteiger partial charge >= 0.3 is 0 Å². The third-order valence-electron chi connectivity index (χ3n) is 3.92. The lowest BCUT2D eigenvalue weighted by Crippen LogP contribution is -2.26. The van der Waals surface area contributed by atoms with Crippen molar-refractivity contribution in [3.63, 3.8) is 0 Å². The fourth-order valence-electron chi connectivity index (χ4n) is 2.38. The predicted molar refractivity (Wildman–Crippen MR) is 94.6 cm³/mol. The van der Waals surface area contributed by atoms with E-state index < -0.39 is 16.1 Å². The van der Waals surface area contributed by atoms with E-state index in [-0.39, 0.29) is 10.8 Å². The standard InChI is InChI=1S/C17H23N3O4S/c1-19(2)25(23,24)14-8-6-13(7-9-14)17(22)18-11-10-16(21)15-5-4-12-20(15)3/h4-9,12,16,21H,10-11H2,1-3H3,(H,18,22)/t16-/m1/s1. The van der Waals surface area contributed by atoms with Gasteiger partial charge in [-0.1, -0.05) is 0 Å². The van der Waals surface area contributed by atoms with Gasteiger partial charge in [-0.25, -0.2) is 12.7 Å². The number of aliphatic hydroxyl groups excluding tert-OH is 1. The number of hydrogen-bond acceptors (Lipinski definition) is 4. The number of carbonyl (C=O) groups is 1. The van der Waals surface area contributed by atoms with E-state index in [4.69, 9.17) is 0 Å². The molecule has 1 atom stereocenters. The van der Waals surface area contributed by atoms with Gasteiger partial charge in [0, 0.05) is 45.1 Å². The van der Waals surface area contributed by atoms with Crippen molar-refractivity contribution in [2.75, 3.05) is 20.6 Å². The van der Waals surface area contributed by atoms with Crippen molar-refractivity contribution < 1.29 is 18.3 Å². The zero-order chi connectivity index (χ0) is 18.6. The van der Waals surface area contributed by atoms with Gasteiger partial charge in [-0.15, -0.1) is 0 Å². The van der Waals surface area contributed by atoms with E-state index in [1.165, 1.54) is 38.4 Å². The molecule has 1 aromatic heterocycles. The molecule has 1 amide bonds. The summed E-state index contributed by atoms with van der Waals surface area (Å²) in [6, 6.07) is 9.43. The highest BCUT2D eigenvalue weighted by atomic mass is 32.2. The Morgan fingerprint density at radius 3 is 2.40 bits per heavy atom. The van der Waals surface area contributed by atoms with Crippen LogP contribution in [0.1, 0.15) is 28.6 Å². The van der Waals surface area contributed by atoms with Crippen molar-refractivity contribution in [2.24, 2.45) is 7.05 Å². The molecular formula is C17H23N3O4S. The lowest BCUT2D eigenvalue weighted by Gasteiger charge is -2.13. The summed E-state index contributed by atoms with van der Waals surface area (Å²) >= 11 is 0. The zero-order valence-corrected chi connectivity index (χ0v) is 15.3. The Morgan fingerprint density at radius 1 is 1.24 bits per heavy atom. The summed E-state index contributed by atoms with van der Waals surface area (Å²) in [5, 5.41) is 12.8. The number of benzene rings is 1. The number of aliphatic hydroxyl groups is 1. The van der Waals surface area contributed by atoms with Gasteiger partial charge in [0.15, 0.2) is 0 Å². The summed E-state index contributed by atoms with van der Waals surface area (Å²) in [4.78, 5) is 12.2. The number of sulfonamides is 1. The van der Waals surface area contributed by atoms with Crippen molar-refractivity contribution in [1.29, 1.82) is 0 Å². The maximum absolute atomic E-state index is 12.1. The molecule has 0 unspecified atom stereocenters. The second kappa shape index (κ2) is 7.81. The number of nitrogens with one attached hydrogen (secondary N) is 1. The van der Waals surface area contributed by atoms with Gasteiger partial charge in [0.05, 0.1) is 11.0 Å². The predicted octanol–water partition coefficient (Wildman–Crippen LogP) is 1.13. The fourth-order valence-corrected chi connectivity index (χ4v) is 3.28. The van der Waals surface area contributed by atoms with Gasteiger partial charge in [-0.3, -0.25) is 4.79 Å². The van der Waals surface area contributed by atoms with E-state index in [9.17, 15) is 18.3 Å². The quantitative estimate of drug-likeness (QED) is 0.769. The zero-order valence-electron chi connectivity index (χ0n) is 14.5. The van der Waals surface area contributed by atoms with Crippen LogP contribution in [0.3, 0.4) is 0 Å². The minimum atomic E-state index is -3.51. The minimum Gasteiger partial charge on any atom is -0.387 e. The summed E-state index contributed by atoms with van der Waals surface area (Å²) in [7, 11) is 1.24. The number of aryl methyl sites for hydroxylation is 1. The SMILES string of the molecule is CN(C)S(=O)(=O)c1ccc(C(=O)NCC[C@@H](O)c2cccn2C)cc1. The van der Waals surface area contributed by atoms with E-state index >= 15 is 0 Å². The van der Waals surface area contributed by atoms with Crippen molar-refractivity contribution in [3.8, 4) is 0 Å². The largest absolute Gasteiger partial charge is 0.387 e. The monoisotopic (exact) mass is 365 g/mol. The highest BCUT2D eigenvalue weighted by Crippen LogP contribution is 2.16. The molecule has 0 bridgehead atoms. The number of aromatic nitrogens is 1. The van der Waals surface area contributed by atoms with Crippen LogP contribution in [-0.4, -0.2) is 48.9 Å². The molecule has 0 aliphatic heterocycles. The summed E-state index contributed by atoms with van der Waals surface area (Å²) in [5.41, 5.74) is 1.15. The van der Waals surface area contributed by atoms with Gasteiger partial charge in [-0.05, 0) is 42.8 Å². The summed E-state index contributed by atoms with van der Waals surface area (Å²) in [6.45, 7) is 0.308. The lowest BCUT2D eigenvalue weighted by atomic mass is 10.1. The molecule has 2 N–H and O–H groups in total. The Bertz CT molecular complexity index is 826. The molecule has 7 nitrogen and oxygen atoms in total. The molecule has 0 fully saturated rings. The Balaban J connectivity index is 1.92. The number of hydrogen-bond donors (Lipinski definition) is 2. The van der Waals surface area contributed by atoms with E-state index in [1.807, 2.05) is 29.9 Å². The Kier molecular flexibility index (Phi) is 5.99. The van der Waals surface area contributed by atoms with Gasteiger partial charge in [0.1, 0.15) is 0 Å². The summed E-state index contributed by atoms with van der Waals surface area (Å²) in [5.74, 6) is -0.312. The molecule has 8 heteroatoms. The van der Waals surface area contributed by atoms with Gasteiger partial charge < -0.3 is 15.0 Å². The van der Waals surface area contributed by atoms with Crippen molar-refractivity contribution in [2.45, 2.75) is 17.4 Å². The Hall–Kier alpha value is -2.16. The number of rotatable bonds is 7. The van der Waals surface area contributed by atoms with Gasteiger partial charge in [-0.2, -0.15) is 0 Å². The van der Waals surface area contributed by atoms with Crippen LogP contribution in [0.5, 0.6) is 0 Å². The lowest BCUT2D eigenvalue weighted by molar-refractivity contribution is 0.0941. The Morgan fingerprint density at radius 2 is 1.88 bits per heavy atom. The van der Waals surface area contributed by atoms with Crippen molar-refractivity contribution in [3.05, 3.63) is 53.9 Å². The topological polar surface area (TPSA) is 91.6 Å². The van der Waals surface area contributed by atoms with Crippen molar-refractivity contribution in [1.82, 2.24) is 14.2 Å². The smallest absolute Gasteiger partial charge is 0.251 e. The first-order valence-corrected chi connectivity index (χ1v) is 9.27. The molecule has 2 aromatic rings. The normalized spacial score (nSPS) is 13.0. The average molecular weight is 365 g/mol. The fraction of sp³-hybridized carbons (Fsp3) is 0.353. The molecular weight excluding hydrogens is 342 g/mol. The maximum Gasteiger partial charge on any atom is 0.251 e.